The molecule has 1 N–H and O–H groups in total. The van der Waals surface area contributed by atoms with Gasteiger partial charge in [-0.2, -0.15) is 0 Å². The summed E-state index contributed by atoms with van der Waals surface area (Å²) in [6.45, 7) is 3.75. The Morgan fingerprint density at radius 1 is 1.07 bits per heavy atom. The molecule has 0 saturated carbocycles. The number of amides is 3. The molecule has 6 heteroatoms. The zero-order valence-electron chi connectivity index (χ0n) is 15.7. The van der Waals surface area contributed by atoms with Crippen LogP contribution in [0.15, 0.2) is 52.9 Å². The SMILES string of the molecule is Cc1ccc2c(c1)C(=O)N(CCC(=O)NC(C)c1cc3ccccc3o1)C2=O. The summed E-state index contributed by atoms with van der Waals surface area (Å²) in [6, 6.07) is 14.4. The molecule has 0 fully saturated rings. The smallest absolute Gasteiger partial charge is 0.261 e. The molecule has 1 unspecified atom stereocenters. The number of benzene rings is 2. The first-order valence-corrected chi connectivity index (χ1v) is 9.19. The van der Waals surface area contributed by atoms with Crippen molar-refractivity contribution in [3.63, 3.8) is 0 Å². The molecule has 3 amide bonds. The van der Waals surface area contributed by atoms with E-state index >= 15 is 0 Å². The lowest BCUT2D eigenvalue weighted by molar-refractivity contribution is -0.121. The Labute approximate surface area is 162 Å². The number of nitrogens with zero attached hydrogens (tertiary/aromatic N) is 1. The van der Waals surface area contributed by atoms with Crippen LogP contribution in [0.25, 0.3) is 11.0 Å². The number of furan rings is 1. The van der Waals surface area contributed by atoms with Crippen LogP contribution in [0.3, 0.4) is 0 Å². The number of rotatable bonds is 5. The predicted molar refractivity (Wildman–Crippen MR) is 104 cm³/mol. The van der Waals surface area contributed by atoms with Crippen molar-refractivity contribution < 1.29 is 18.8 Å². The number of carbonyl (C=O) groups is 3. The maximum atomic E-state index is 12.5. The van der Waals surface area contributed by atoms with Gasteiger partial charge in [0.1, 0.15) is 11.3 Å². The molecule has 142 valence electrons. The molecule has 1 aromatic heterocycles. The van der Waals surface area contributed by atoms with Crippen molar-refractivity contribution in [2.24, 2.45) is 0 Å². The minimum Gasteiger partial charge on any atom is -0.459 e. The van der Waals surface area contributed by atoms with Gasteiger partial charge in [0.2, 0.25) is 5.91 Å². The van der Waals surface area contributed by atoms with Crippen molar-refractivity contribution in [2.45, 2.75) is 26.3 Å². The third-order valence-corrected chi connectivity index (χ3v) is 4.94. The van der Waals surface area contributed by atoms with Gasteiger partial charge in [0.15, 0.2) is 0 Å². The van der Waals surface area contributed by atoms with E-state index in [-0.39, 0.29) is 36.7 Å². The topological polar surface area (TPSA) is 79.6 Å². The van der Waals surface area contributed by atoms with Gasteiger partial charge in [-0.1, -0.05) is 29.8 Å². The zero-order chi connectivity index (χ0) is 19.8. The fourth-order valence-corrected chi connectivity index (χ4v) is 3.42. The Morgan fingerprint density at radius 3 is 2.61 bits per heavy atom. The van der Waals surface area contributed by atoms with Gasteiger partial charge in [-0.05, 0) is 38.1 Å². The van der Waals surface area contributed by atoms with E-state index in [1.54, 1.807) is 18.2 Å². The summed E-state index contributed by atoms with van der Waals surface area (Å²) in [5.41, 5.74) is 2.48. The number of carbonyl (C=O) groups excluding carboxylic acids is 3. The fraction of sp³-hybridized carbons (Fsp3) is 0.227. The predicted octanol–water partition coefficient (Wildman–Crippen LogP) is 3.60. The molecule has 0 radical (unpaired) electrons. The molecule has 2 aromatic carbocycles. The second-order valence-corrected chi connectivity index (χ2v) is 7.04. The number of nitrogens with one attached hydrogen (secondary N) is 1. The van der Waals surface area contributed by atoms with Crippen LogP contribution in [0, 0.1) is 6.92 Å². The summed E-state index contributed by atoms with van der Waals surface area (Å²) in [7, 11) is 0. The molecule has 6 nitrogen and oxygen atoms in total. The lowest BCUT2D eigenvalue weighted by Crippen LogP contribution is -2.35. The average molecular weight is 376 g/mol. The molecular formula is C22H20N2O4. The molecule has 3 aromatic rings. The highest BCUT2D eigenvalue weighted by Crippen LogP contribution is 2.25. The summed E-state index contributed by atoms with van der Waals surface area (Å²) in [6.07, 6.45) is 0.0367. The quantitative estimate of drug-likeness (QED) is 0.690. The minimum absolute atomic E-state index is 0.0367. The van der Waals surface area contributed by atoms with Crippen LogP contribution in [0.5, 0.6) is 0 Å². The summed E-state index contributed by atoms with van der Waals surface area (Å²) in [5, 5.41) is 3.83. The van der Waals surface area contributed by atoms with Crippen molar-refractivity contribution in [1.82, 2.24) is 10.2 Å². The van der Waals surface area contributed by atoms with E-state index in [9.17, 15) is 14.4 Å². The zero-order valence-corrected chi connectivity index (χ0v) is 15.7. The number of para-hydroxylation sites is 1. The van der Waals surface area contributed by atoms with Crippen LogP contribution in [0.1, 0.15) is 51.4 Å². The molecule has 0 saturated heterocycles. The van der Waals surface area contributed by atoms with Gasteiger partial charge in [0.25, 0.3) is 11.8 Å². The third kappa shape index (κ3) is 3.17. The van der Waals surface area contributed by atoms with Crippen LogP contribution < -0.4 is 5.32 Å². The second kappa shape index (κ2) is 6.96. The van der Waals surface area contributed by atoms with Gasteiger partial charge < -0.3 is 9.73 Å². The molecule has 1 aliphatic heterocycles. The summed E-state index contributed by atoms with van der Waals surface area (Å²) >= 11 is 0. The van der Waals surface area contributed by atoms with Crippen molar-refractivity contribution >= 4 is 28.7 Å². The van der Waals surface area contributed by atoms with Gasteiger partial charge in [-0.3, -0.25) is 19.3 Å². The van der Waals surface area contributed by atoms with Gasteiger partial charge in [0, 0.05) is 18.4 Å². The van der Waals surface area contributed by atoms with E-state index < -0.39 is 0 Å². The molecule has 0 bridgehead atoms. The van der Waals surface area contributed by atoms with Crippen LogP contribution in [-0.2, 0) is 4.79 Å². The first-order chi connectivity index (χ1) is 13.4. The normalized spacial score (nSPS) is 14.4. The first kappa shape index (κ1) is 18.0. The molecule has 0 aliphatic carbocycles. The minimum atomic E-state index is -0.349. The van der Waals surface area contributed by atoms with Crippen LogP contribution in [-0.4, -0.2) is 29.2 Å². The Morgan fingerprint density at radius 2 is 1.82 bits per heavy atom. The summed E-state index contributed by atoms with van der Waals surface area (Å²) in [4.78, 5) is 38.4. The second-order valence-electron chi connectivity index (χ2n) is 7.04. The van der Waals surface area contributed by atoms with E-state index in [2.05, 4.69) is 5.32 Å². The van der Waals surface area contributed by atoms with E-state index in [1.807, 2.05) is 44.2 Å². The fourth-order valence-electron chi connectivity index (χ4n) is 3.42. The molecular weight excluding hydrogens is 356 g/mol. The highest BCUT2D eigenvalue weighted by atomic mass is 16.3. The van der Waals surface area contributed by atoms with Crippen molar-refractivity contribution in [3.8, 4) is 0 Å². The molecule has 1 atom stereocenters. The average Bonchev–Trinajstić information content (AvgIpc) is 3.20. The number of hydrogen-bond acceptors (Lipinski definition) is 4. The van der Waals surface area contributed by atoms with Crippen molar-refractivity contribution in [2.75, 3.05) is 6.54 Å². The number of aryl methyl sites for hydroxylation is 1. The van der Waals surface area contributed by atoms with E-state index in [0.717, 1.165) is 21.4 Å². The maximum Gasteiger partial charge on any atom is 0.261 e. The Hall–Kier alpha value is -3.41. The molecule has 1 aliphatic rings. The van der Waals surface area contributed by atoms with E-state index in [0.29, 0.717) is 16.9 Å². The first-order valence-electron chi connectivity index (χ1n) is 9.19. The molecule has 2 heterocycles. The number of fused-ring (bicyclic) bond motifs is 2. The van der Waals surface area contributed by atoms with Crippen LogP contribution in [0.4, 0.5) is 0 Å². The van der Waals surface area contributed by atoms with Crippen LogP contribution in [0.2, 0.25) is 0 Å². The lowest BCUT2D eigenvalue weighted by Gasteiger charge is -2.15. The number of imide groups is 1. The highest BCUT2D eigenvalue weighted by molar-refractivity contribution is 6.21. The summed E-state index contributed by atoms with van der Waals surface area (Å²) in [5.74, 6) is -0.286. The van der Waals surface area contributed by atoms with Crippen molar-refractivity contribution in [1.29, 1.82) is 0 Å². The third-order valence-electron chi connectivity index (χ3n) is 4.94. The Kier molecular flexibility index (Phi) is 4.47. The van der Waals surface area contributed by atoms with Crippen LogP contribution >= 0.6 is 0 Å². The lowest BCUT2D eigenvalue weighted by atomic mass is 10.1. The summed E-state index contributed by atoms with van der Waals surface area (Å²) < 4.78 is 5.76. The largest absolute Gasteiger partial charge is 0.459 e. The standard InChI is InChI=1S/C22H20N2O4/c1-13-7-8-16-17(11-13)22(27)24(21(16)26)10-9-20(25)23-14(2)19-12-15-5-3-4-6-18(15)28-19/h3-8,11-12,14H,9-10H2,1-2H3,(H,23,25). The van der Waals surface area contributed by atoms with Gasteiger partial charge >= 0.3 is 0 Å². The molecule has 4 rings (SSSR count). The van der Waals surface area contributed by atoms with E-state index in [4.69, 9.17) is 4.42 Å². The Bertz CT molecular complexity index is 1070. The maximum absolute atomic E-state index is 12.5. The highest BCUT2D eigenvalue weighted by Gasteiger charge is 2.35. The molecule has 0 spiro atoms. The Balaban J connectivity index is 1.38. The number of hydrogen-bond donors (Lipinski definition) is 1. The van der Waals surface area contributed by atoms with E-state index in [1.165, 1.54) is 0 Å². The molecule has 28 heavy (non-hydrogen) atoms. The van der Waals surface area contributed by atoms with Gasteiger partial charge in [-0.15, -0.1) is 0 Å². The van der Waals surface area contributed by atoms with Gasteiger partial charge in [-0.25, -0.2) is 0 Å². The monoisotopic (exact) mass is 376 g/mol. The van der Waals surface area contributed by atoms with Crippen molar-refractivity contribution in [3.05, 3.63) is 71.0 Å². The van der Waals surface area contributed by atoms with Gasteiger partial charge in [0.05, 0.1) is 17.2 Å².